The Labute approximate surface area is 204 Å². The fourth-order valence-electron chi connectivity index (χ4n) is 4.46. The first-order valence-electron chi connectivity index (χ1n) is 12.0. The van der Waals surface area contributed by atoms with Gasteiger partial charge in [-0.05, 0) is 30.2 Å². The van der Waals surface area contributed by atoms with Crippen LogP contribution in [0.3, 0.4) is 0 Å². The number of ether oxygens (including phenoxy) is 2. The average Bonchev–Trinajstić information content (AvgIpc) is 3.29. The Bertz CT molecular complexity index is 1210. The number of aryl methyl sites for hydroxylation is 1. The molecule has 5 rings (SSSR count). The van der Waals surface area contributed by atoms with Gasteiger partial charge in [0.1, 0.15) is 11.9 Å². The van der Waals surface area contributed by atoms with Gasteiger partial charge >= 0.3 is 0 Å². The summed E-state index contributed by atoms with van der Waals surface area (Å²) in [5, 5.41) is 4.41. The highest BCUT2D eigenvalue weighted by atomic mass is 16.5. The summed E-state index contributed by atoms with van der Waals surface area (Å²) in [5.74, 6) is 0.0707. The average molecular weight is 475 g/mol. The fourth-order valence-corrected chi connectivity index (χ4v) is 4.46. The van der Waals surface area contributed by atoms with E-state index in [9.17, 15) is 9.59 Å². The summed E-state index contributed by atoms with van der Waals surface area (Å²) in [5.41, 5.74) is 10.0. The van der Waals surface area contributed by atoms with E-state index in [1.807, 2.05) is 53.0 Å². The molecule has 0 atom stereocenters. The van der Waals surface area contributed by atoms with Gasteiger partial charge in [-0.2, -0.15) is 5.10 Å². The Kier molecular flexibility index (Phi) is 6.55. The normalized spacial score (nSPS) is 16.7. The van der Waals surface area contributed by atoms with Crippen molar-refractivity contribution in [3.63, 3.8) is 0 Å². The van der Waals surface area contributed by atoms with Gasteiger partial charge in [0.25, 0.3) is 5.91 Å². The summed E-state index contributed by atoms with van der Waals surface area (Å²) in [4.78, 5) is 26.8. The van der Waals surface area contributed by atoms with E-state index >= 15 is 0 Å². The lowest BCUT2D eigenvalue weighted by atomic mass is 10.0. The van der Waals surface area contributed by atoms with Crippen molar-refractivity contribution in [1.29, 1.82) is 0 Å². The Morgan fingerprint density at radius 3 is 2.49 bits per heavy atom. The standard InChI is InChI=1S/C27H30N4O4/c1-18-2-4-19(5-3-18)12-26(32)30-10-8-23(9-11-30)35-25-7-6-20(13-24(25)27(28)33)21-14-29-31(15-21)22-16-34-17-22/h2-7,13-15,22-23H,8-12,16-17H2,1H3,(H2,28,33). The van der Waals surface area contributed by atoms with Crippen molar-refractivity contribution < 1.29 is 19.1 Å². The van der Waals surface area contributed by atoms with Crippen molar-refractivity contribution in [3.8, 4) is 16.9 Å². The molecule has 0 aliphatic carbocycles. The van der Waals surface area contributed by atoms with E-state index in [0.29, 0.717) is 56.9 Å². The predicted octanol–water partition coefficient (Wildman–Crippen LogP) is 3.14. The largest absolute Gasteiger partial charge is 0.489 e. The highest BCUT2D eigenvalue weighted by molar-refractivity contribution is 5.97. The molecule has 2 aromatic carbocycles. The number of piperidine rings is 1. The Balaban J connectivity index is 1.20. The van der Waals surface area contributed by atoms with E-state index in [-0.39, 0.29) is 18.1 Å². The van der Waals surface area contributed by atoms with Crippen molar-refractivity contribution in [2.45, 2.75) is 38.3 Å². The maximum absolute atomic E-state index is 12.7. The number of primary amides is 1. The second-order valence-corrected chi connectivity index (χ2v) is 9.34. The van der Waals surface area contributed by atoms with Crippen molar-refractivity contribution in [2.75, 3.05) is 26.3 Å². The number of hydrogen-bond donors (Lipinski definition) is 1. The van der Waals surface area contributed by atoms with Gasteiger partial charge in [-0.15, -0.1) is 0 Å². The number of nitrogens with two attached hydrogens (primary N) is 1. The minimum atomic E-state index is -0.535. The third-order valence-electron chi connectivity index (χ3n) is 6.74. The van der Waals surface area contributed by atoms with Crippen LogP contribution in [0.4, 0.5) is 0 Å². The van der Waals surface area contributed by atoms with Crippen LogP contribution >= 0.6 is 0 Å². The molecule has 182 valence electrons. The van der Waals surface area contributed by atoms with Gasteiger partial charge < -0.3 is 20.1 Å². The zero-order chi connectivity index (χ0) is 24.4. The van der Waals surface area contributed by atoms with E-state index < -0.39 is 5.91 Å². The maximum Gasteiger partial charge on any atom is 0.252 e. The number of hydrogen-bond acceptors (Lipinski definition) is 5. The molecule has 1 aromatic heterocycles. The number of benzene rings is 2. The molecule has 0 spiro atoms. The maximum atomic E-state index is 12.7. The van der Waals surface area contributed by atoms with Gasteiger partial charge in [-0.1, -0.05) is 35.9 Å². The summed E-state index contributed by atoms with van der Waals surface area (Å²) in [6, 6.07) is 13.8. The molecule has 8 heteroatoms. The van der Waals surface area contributed by atoms with Crippen LogP contribution in [0, 0.1) is 6.92 Å². The Morgan fingerprint density at radius 2 is 1.83 bits per heavy atom. The number of nitrogens with zero attached hydrogens (tertiary/aromatic N) is 3. The minimum Gasteiger partial charge on any atom is -0.489 e. The highest BCUT2D eigenvalue weighted by Crippen LogP contribution is 2.30. The van der Waals surface area contributed by atoms with Gasteiger partial charge in [-0.3, -0.25) is 14.3 Å². The molecule has 3 aromatic rings. The second kappa shape index (κ2) is 9.92. The molecular weight excluding hydrogens is 444 g/mol. The topological polar surface area (TPSA) is 99.7 Å². The number of carbonyl (C=O) groups excluding carboxylic acids is 2. The molecule has 8 nitrogen and oxygen atoms in total. The molecule has 2 saturated heterocycles. The van der Waals surface area contributed by atoms with Gasteiger partial charge in [0.05, 0.1) is 37.4 Å². The van der Waals surface area contributed by atoms with E-state index in [1.54, 1.807) is 18.3 Å². The molecule has 0 unspecified atom stereocenters. The molecule has 2 fully saturated rings. The zero-order valence-electron chi connectivity index (χ0n) is 19.9. The van der Waals surface area contributed by atoms with Crippen LogP contribution in [0.1, 0.15) is 40.4 Å². The number of carbonyl (C=O) groups is 2. The third-order valence-corrected chi connectivity index (χ3v) is 6.74. The minimum absolute atomic E-state index is 0.0799. The molecule has 2 amide bonds. The summed E-state index contributed by atoms with van der Waals surface area (Å²) < 4.78 is 13.3. The van der Waals surface area contributed by atoms with Gasteiger partial charge in [0.2, 0.25) is 5.91 Å². The van der Waals surface area contributed by atoms with Crippen LogP contribution in [0.25, 0.3) is 11.1 Å². The summed E-state index contributed by atoms with van der Waals surface area (Å²) in [6.45, 7) is 4.62. The number of aromatic nitrogens is 2. The molecule has 2 aliphatic rings. The lowest BCUT2D eigenvalue weighted by molar-refractivity contribution is -0.132. The number of rotatable bonds is 7. The first-order chi connectivity index (χ1) is 17.0. The molecule has 0 saturated carbocycles. The van der Waals surface area contributed by atoms with Crippen LogP contribution in [-0.4, -0.2) is 58.9 Å². The molecular formula is C27H30N4O4. The first kappa shape index (κ1) is 23.1. The molecule has 35 heavy (non-hydrogen) atoms. The number of likely N-dealkylation sites (tertiary alicyclic amines) is 1. The molecule has 2 aliphatic heterocycles. The molecule has 2 N–H and O–H groups in total. The van der Waals surface area contributed by atoms with E-state index in [0.717, 1.165) is 16.7 Å². The monoisotopic (exact) mass is 474 g/mol. The van der Waals surface area contributed by atoms with Crippen LogP contribution in [0.15, 0.2) is 54.9 Å². The SMILES string of the molecule is Cc1ccc(CC(=O)N2CCC(Oc3ccc(-c4cnn(C5COC5)c4)cc3C(N)=O)CC2)cc1. The zero-order valence-corrected chi connectivity index (χ0v) is 19.9. The summed E-state index contributed by atoms with van der Waals surface area (Å²) >= 11 is 0. The van der Waals surface area contributed by atoms with Crippen LogP contribution < -0.4 is 10.5 Å². The Hall–Kier alpha value is -3.65. The summed E-state index contributed by atoms with van der Waals surface area (Å²) in [6.07, 6.45) is 5.47. The van der Waals surface area contributed by atoms with Crippen molar-refractivity contribution in [3.05, 3.63) is 71.5 Å². The van der Waals surface area contributed by atoms with Crippen molar-refractivity contribution in [2.24, 2.45) is 5.73 Å². The smallest absolute Gasteiger partial charge is 0.252 e. The molecule has 0 radical (unpaired) electrons. The predicted molar refractivity (Wildman–Crippen MR) is 131 cm³/mol. The van der Waals surface area contributed by atoms with Gasteiger partial charge in [-0.25, -0.2) is 0 Å². The van der Waals surface area contributed by atoms with E-state index in [1.165, 1.54) is 5.56 Å². The second-order valence-electron chi connectivity index (χ2n) is 9.34. The van der Waals surface area contributed by atoms with E-state index in [4.69, 9.17) is 15.2 Å². The number of amides is 2. The lowest BCUT2D eigenvalue weighted by Crippen LogP contribution is -2.42. The van der Waals surface area contributed by atoms with Crippen molar-refractivity contribution >= 4 is 11.8 Å². The van der Waals surface area contributed by atoms with Crippen LogP contribution in [-0.2, 0) is 16.0 Å². The third kappa shape index (κ3) is 5.22. The fraction of sp³-hybridized carbons (Fsp3) is 0.370. The Morgan fingerprint density at radius 1 is 1.09 bits per heavy atom. The van der Waals surface area contributed by atoms with E-state index in [2.05, 4.69) is 5.10 Å². The van der Waals surface area contributed by atoms with Crippen LogP contribution in [0.2, 0.25) is 0 Å². The van der Waals surface area contributed by atoms with Crippen LogP contribution in [0.5, 0.6) is 5.75 Å². The molecule has 3 heterocycles. The van der Waals surface area contributed by atoms with Gasteiger partial charge in [0, 0.05) is 37.7 Å². The van der Waals surface area contributed by atoms with Crippen molar-refractivity contribution in [1.82, 2.24) is 14.7 Å². The highest BCUT2D eigenvalue weighted by Gasteiger charge is 2.26. The lowest BCUT2D eigenvalue weighted by Gasteiger charge is -2.32. The summed E-state index contributed by atoms with van der Waals surface area (Å²) in [7, 11) is 0. The van der Waals surface area contributed by atoms with Gasteiger partial charge in [0.15, 0.2) is 0 Å². The quantitative estimate of drug-likeness (QED) is 0.567. The first-order valence-corrected chi connectivity index (χ1v) is 12.0. The molecule has 0 bridgehead atoms.